The van der Waals surface area contributed by atoms with Crippen LogP contribution < -0.4 is 14.8 Å². The van der Waals surface area contributed by atoms with E-state index in [1.165, 1.54) is 6.07 Å². The van der Waals surface area contributed by atoms with Gasteiger partial charge in [-0.05, 0) is 67.9 Å². The molecule has 6 nitrogen and oxygen atoms in total. The van der Waals surface area contributed by atoms with Gasteiger partial charge in [-0.3, -0.25) is 9.48 Å². The van der Waals surface area contributed by atoms with E-state index in [0.717, 1.165) is 17.0 Å². The lowest BCUT2D eigenvalue weighted by Crippen LogP contribution is -2.13. The van der Waals surface area contributed by atoms with Gasteiger partial charge >= 0.3 is 0 Å². The lowest BCUT2D eigenvalue weighted by molar-refractivity contribution is 0.102. The minimum absolute atomic E-state index is 0.158. The maximum absolute atomic E-state index is 14.2. The molecular formula is C27H25ClFN3O3. The van der Waals surface area contributed by atoms with Crippen molar-refractivity contribution in [2.75, 3.05) is 11.9 Å². The van der Waals surface area contributed by atoms with Crippen molar-refractivity contribution < 1.29 is 18.7 Å². The Morgan fingerprint density at radius 2 is 1.74 bits per heavy atom. The molecule has 0 bridgehead atoms. The molecule has 0 radical (unpaired) electrons. The quantitative estimate of drug-likeness (QED) is 0.299. The Bertz CT molecular complexity index is 1300. The zero-order valence-electron chi connectivity index (χ0n) is 19.4. The van der Waals surface area contributed by atoms with E-state index in [4.69, 9.17) is 21.1 Å². The number of aromatic nitrogens is 2. The van der Waals surface area contributed by atoms with E-state index in [-0.39, 0.29) is 12.5 Å². The van der Waals surface area contributed by atoms with E-state index < -0.39 is 5.82 Å². The third-order valence-corrected chi connectivity index (χ3v) is 5.68. The second-order valence-corrected chi connectivity index (χ2v) is 8.28. The summed E-state index contributed by atoms with van der Waals surface area (Å²) in [6, 6.07) is 20.8. The van der Waals surface area contributed by atoms with Crippen molar-refractivity contribution in [1.82, 2.24) is 9.78 Å². The van der Waals surface area contributed by atoms with Gasteiger partial charge in [0.2, 0.25) is 0 Å². The summed E-state index contributed by atoms with van der Waals surface area (Å²) >= 11 is 6.14. The second-order valence-electron chi connectivity index (χ2n) is 7.88. The average Bonchev–Trinajstić information content (AvgIpc) is 3.19. The molecule has 0 aliphatic carbocycles. The number of nitrogens with one attached hydrogen (secondary N) is 1. The molecule has 0 atom stereocenters. The summed E-state index contributed by atoms with van der Waals surface area (Å²) < 4.78 is 27.0. The van der Waals surface area contributed by atoms with Gasteiger partial charge in [0, 0.05) is 27.9 Å². The molecular weight excluding hydrogens is 469 g/mol. The SMILES string of the molecule is CCOc1ccc(OCc2cccc(C(=O)Nc3cc(C)n(Cc4c(F)cccc4Cl)n3)c2)cc1. The van der Waals surface area contributed by atoms with Crippen molar-refractivity contribution in [1.29, 1.82) is 0 Å². The van der Waals surface area contributed by atoms with Crippen LogP contribution in [-0.2, 0) is 13.2 Å². The van der Waals surface area contributed by atoms with Gasteiger partial charge in [-0.25, -0.2) is 4.39 Å². The smallest absolute Gasteiger partial charge is 0.256 e. The molecule has 0 fully saturated rings. The Morgan fingerprint density at radius 1 is 1.03 bits per heavy atom. The van der Waals surface area contributed by atoms with Crippen molar-refractivity contribution in [3.8, 4) is 11.5 Å². The molecule has 1 N–H and O–H groups in total. The Kier molecular flexibility index (Phi) is 7.67. The fourth-order valence-electron chi connectivity index (χ4n) is 3.52. The highest BCUT2D eigenvalue weighted by Gasteiger charge is 2.14. The number of carbonyl (C=O) groups excluding carboxylic acids is 1. The summed E-state index contributed by atoms with van der Waals surface area (Å²) in [6.07, 6.45) is 0. The molecule has 4 rings (SSSR count). The lowest BCUT2D eigenvalue weighted by Gasteiger charge is -2.09. The summed E-state index contributed by atoms with van der Waals surface area (Å²) in [5.74, 6) is 1.16. The first kappa shape index (κ1) is 24.3. The zero-order chi connectivity index (χ0) is 24.8. The molecule has 4 aromatic rings. The highest BCUT2D eigenvalue weighted by Crippen LogP contribution is 2.22. The van der Waals surface area contributed by atoms with Crippen molar-refractivity contribution in [3.05, 3.63) is 106 Å². The number of ether oxygens (including phenoxy) is 2. The lowest BCUT2D eigenvalue weighted by atomic mass is 10.1. The summed E-state index contributed by atoms with van der Waals surface area (Å²) in [4.78, 5) is 12.8. The van der Waals surface area contributed by atoms with Gasteiger partial charge in [0.15, 0.2) is 5.82 Å². The van der Waals surface area contributed by atoms with Gasteiger partial charge in [0.05, 0.1) is 13.2 Å². The molecule has 0 aliphatic heterocycles. The fourth-order valence-corrected chi connectivity index (χ4v) is 3.74. The first-order valence-electron chi connectivity index (χ1n) is 11.2. The standard InChI is InChI=1S/C27H25ClFN3O3/c1-3-34-21-10-12-22(13-11-21)35-17-19-6-4-7-20(15-19)27(33)30-26-14-18(2)32(31-26)16-23-24(28)8-5-9-25(23)29/h4-15H,3,16-17H2,1-2H3,(H,30,31,33). The Balaban J connectivity index is 1.39. The predicted molar refractivity (Wildman–Crippen MR) is 134 cm³/mol. The number of carbonyl (C=O) groups is 1. The van der Waals surface area contributed by atoms with E-state index in [2.05, 4.69) is 10.4 Å². The van der Waals surface area contributed by atoms with Gasteiger partial charge in [0.1, 0.15) is 23.9 Å². The number of aryl methyl sites for hydroxylation is 1. The predicted octanol–water partition coefficient (Wildman–Crippen LogP) is 6.26. The number of amides is 1. The molecule has 3 aromatic carbocycles. The molecule has 1 amide bonds. The van der Waals surface area contributed by atoms with Gasteiger partial charge in [0.25, 0.3) is 5.91 Å². The minimum atomic E-state index is -0.401. The molecule has 0 saturated carbocycles. The molecule has 180 valence electrons. The topological polar surface area (TPSA) is 65.4 Å². The average molecular weight is 494 g/mol. The molecule has 1 aromatic heterocycles. The normalized spacial score (nSPS) is 10.7. The molecule has 0 aliphatic rings. The van der Waals surface area contributed by atoms with Crippen LogP contribution in [0, 0.1) is 12.7 Å². The third-order valence-electron chi connectivity index (χ3n) is 5.32. The van der Waals surface area contributed by atoms with Crippen LogP contribution in [0.25, 0.3) is 0 Å². The van der Waals surface area contributed by atoms with Crippen molar-refractivity contribution >= 4 is 23.3 Å². The van der Waals surface area contributed by atoms with Crippen LogP contribution in [0.4, 0.5) is 10.2 Å². The molecule has 35 heavy (non-hydrogen) atoms. The molecule has 0 saturated heterocycles. The van der Waals surface area contributed by atoms with Crippen LogP contribution in [0.1, 0.15) is 34.1 Å². The largest absolute Gasteiger partial charge is 0.494 e. The zero-order valence-corrected chi connectivity index (χ0v) is 20.2. The molecule has 1 heterocycles. The molecule has 0 spiro atoms. The van der Waals surface area contributed by atoms with Crippen molar-refractivity contribution in [2.45, 2.75) is 27.0 Å². The summed E-state index contributed by atoms with van der Waals surface area (Å²) in [6.45, 7) is 4.84. The first-order chi connectivity index (χ1) is 16.9. The van der Waals surface area contributed by atoms with Crippen LogP contribution in [0.5, 0.6) is 11.5 Å². The van der Waals surface area contributed by atoms with Crippen LogP contribution in [0.3, 0.4) is 0 Å². The number of nitrogens with zero attached hydrogens (tertiary/aromatic N) is 2. The van der Waals surface area contributed by atoms with Crippen molar-refractivity contribution in [3.63, 3.8) is 0 Å². The minimum Gasteiger partial charge on any atom is -0.494 e. The summed E-state index contributed by atoms with van der Waals surface area (Å²) in [7, 11) is 0. The van der Waals surface area contributed by atoms with E-state index in [0.29, 0.717) is 40.9 Å². The van der Waals surface area contributed by atoms with E-state index in [9.17, 15) is 9.18 Å². The Labute approximate surface area is 208 Å². The van der Waals surface area contributed by atoms with Gasteiger partial charge < -0.3 is 14.8 Å². The van der Waals surface area contributed by atoms with E-state index >= 15 is 0 Å². The van der Waals surface area contributed by atoms with Gasteiger partial charge in [-0.2, -0.15) is 5.10 Å². The summed E-state index contributed by atoms with van der Waals surface area (Å²) in [5, 5.41) is 7.53. The van der Waals surface area contributed by atoms with Gasteiger partial charge in [-0.1, -0.05) is 29.8 Å². The van der Waals surface area contributed by atoms with Crippen LogP contribution in [0.2, 0.25) is 5.02 Å². The third kappa shape index (κ3) is 6.19. The first-order valence-corrected chi connectivity index (χ1v) is 11.5. The van der Waals surface area contributed by atoms with Crippen LogP contribution >= 0.6 is 11.6 Å². The number of hydrogen-bond acceptors (Lipinski definition) is 4. The molecule has 8 heteroatoms. The number of rotatable bonds is 9. The van der Waals surface area contributed by atoms with E-state index in [1.54, 1.807) is 41.1 Å². The van der Waals surface area contributed by atoms with Gasteiger partial charge in [-0.15, -0.1) is 0 Å². The fraction of sp³-hybridized carbons (Fsp3) is 0.185. The van der Waals surface area contributed by atoms with E-state index in [1.807, 2.05) is 44.2 Å². The number of halogens is 2. The monoisotopic (exact) mass is 493 g/mol. The highest BCUT2D eigenvalue weighted by molar-refractivity contribution is 6.31. The summed E-state index contributed by atoms with van der Waals surface area (Å²) in [5.41, 5.74) is 2.43. The maximum Gasteiger partial charge on any atom is 0.256 e. The number of anilines is 1. The highest BCUT2D eigenvalue weighted by atomic mass is 35.5. The van der Waals surface area contributed by atoms with Crippen molar-refractivity contribution in [2.24, 2.45) is 0 Å². The van der Waals surface area contributed by atoms with Crippen LogP contribution in [0.15, 0.2) is 72.8 Å². The number of hydrogen-bond donors (Lipinski definition) is 1. The Hall–Kier alpha value is -3.84. The molecule has 0 unspecified atom stereocenters. The Morgan fingerprint density at radius 3 is 2.46 bits per heavy atom. The second kappa shape index (κ2) is 11.1. The number of benzene rings is 3. The maximum atomic E-state index is 14.2. The van der Waals surface area contributed by atoms with Crippen LogP contribution in [-0.4, -0.2) is 22.3 Å².